The Labute approximate surface area is 199 Å². The van der Waals surface area contributed by atoms with Gasteiger partial charge in [-0.25, -0.2) is 4.39 Å². The fourth-order valence-electron chi connectivity index (χ4n) is 4.25. The Kier molecular flexibility index (Phi) is 7.59. The van der Waals surface area contributed by atoms with Crippen LogP contribution in [0.2, 0.25) is 0 Å². The maximum atomic E-state index is 14.1. The first-order chi connectivity index (χ1) is 16.4. The molecule has 1 aromatic heterocycles. The van der Waals surface area contributed by atoms with E-state index in [9.17, 15) is 9.18 Å². The molecule has 4 rings (SSSR count). The van der Waals surface area contributed by atoms with Crippen molar-refractivity contribution >= 4 is 5.91 Å². The lowest BCUT2D eigenvalue weighted by molar-refractivity contribution is -0.132. The molecular weight excluding hydrogens is 435 g/mol. The maximum Gasteiger partial charge on any atom is 0.237 e. The van der Waals surface area contributed by atoms with Crippen molar-refractivity contribution in [1.82, 2.24) is 19.6 Å². The number of ether oxygens (including phenoxy) is 2. The van der Waals surface area contributed by atoms with E-state index in [1.54, 1.807) is 30.0 Å². The number of nitrogens with zero attached hydrogens (tertiary/aromatic N) is 4. The first kappa shape index (κ1) is 23.9. The number of aromatic nitrogens is 2. The summed E-state index contributed by atoms with van der Waals surface area (Å²) in [6, 6.07) is 14.3. The topological polar surface area (TPSA) is 59.8 Å². The number of amides is 1. The van der Waals surface area contributed by atoms with Crippen molar-refractivity contribution in [2.75, 3.05) is 26.7 Å². The second-order valence-corrected chi connectivity index (χ2v) is 8.73. The molecule has 2 aromatic carbocycles. The van der Waals surface area contributed by atoms with Crippen LogP contribution in [0.15, 0.2) is 54.7 Å². The molecule has 1 saturated heterocycles. The average Bonchev–Trinajstić information content (AvgIpc) is 3.05. The standard InChI is InChI=1S/C26H31FN4O3/c1-19-22(13-29(2)28-19)14-30-15-24(34-18-21-6-4-5-7-25(21)27)16-31(26(32)17-30)12-20-8-10-23(33-3)11-9-20/h4-11,13,24H,12,14-18H2,1-3H3. The highest BCUT2D eigenvalue weighted by Gasteiger charge is 2.29. The highest BCUT2D eigenvalue weighted by molar-refractivity contribution is 5.78. The van der Waals surface area contributed by atoms with Gasteiger partial charge in [-0.05, 0) is 30.7 Å². The third kappa shape index (κ3) is 6.01. The Morgan fingerprint density at radius 1 is 1.06 bits per heavy atom. The summed E-state index contributed by atoms with van der Waals surface area (Å²) in [6.07, 6.45) is 1.72. The van der Waals surface area contributed by atoms with Crippen LogP contribution in [0, 0.1) is 12.7 Å². The van der Waals surface area contributed by atoms with Gasteiger partial charge in [0, 0.05) is 50.6 Å². The van der Waals surface area contributed by atoms with Crippen LogP contribution in [-0.4, -0.2) is 58.3 Å². The molecule has 8 heteroatoms. The van der Waals surface area contributed by atoms with Crippen LogP contribution >= 0.6 is 0 Å². The molecule has 0 radical (unpaired) electrons. The van der Waals surface area contributed by atoms with Crippen LogP contribution in [0.4, 0.5) is 4.39 Å². The van der Waals surface area contributed by atoms with Gasteiger partial charge in [-0.3, -0.25) is 14.4 Å². The lowest BCUT2D eigenvalue weighted by Gasteiger charge is -2.25. The lowest BCUT2D eigenvalue weighted by Crippen LogP contribution is -2.37. The van der Waals surface area contributed by atoms with E-state index in [2.05, 4.69) is 10.00 Å². The van der Waals surface area contributed by atoms with Crippen molar-refractivity contribution in [1.29, 1.82) is 0 Å². The Morgan fingerprint density at radius 2 is 1.82 bits per heavy atom. The van der Waals surface area contributed by atoms with E-state index in [-0.39, 0.29) is 31.0 Å². The third-order valence-electron chi connectivity index (χ3n) is 6.07. The molecule has 0 aliphatic carbocycles. The predicted molar refractivity (Wildman–Crippen MR) is 127 cm³/mol. The van der Waals surface area contributed by atoms with Gasteiger partial charge in [0.25, 0.3) is 0 Å². The van der Waals surface area contributed by atoms with E-state index in [1.165, 1.54) is 6.07 Å². The van der Waals surface area contributed by atoms with E-state index >= 15 is 0 Å². The number of carbonyl (C=O) groups is 1. The van der Waals surface area contributed by atoms with Crippen LogP contribution in [0.3, 0.4) is 0 Å². The molecule has 1 atom stereocenters. The molecule has 0 N–H and O–H groups in total. The van der Waals surface area contributed by atoms with Crippen molar-refractivity contribution in [3.63, 3.8) is 0 Å². The normalized spacial score (nSPS) is 17.1. The smallest absolute Gasteiger partial charge is 0.237 e. The second-order valence-electron chi connectivity index (χ2n) is 8.73. The number of carbonyl (C=O) groups excluding carboxylic acids is 1. The first-order valence-electron chi connectivity index (χ1n) is 11.4. The SMILES string of the molecule is COc1ccc(CN2CC(OCc3ccccc3F)CN(Cc3cn(C)nc3C)CC2=O)cc1. The summed E-state index contributed by atoms with van der Waals surface area (Å²) in [5, 5.41) is 4.42. The van der Waals surface area contributed by atoms with Gasteiger partial charge in [0.2, 0.25) is 5.91 Å². The van der Waals surface area contributed by atoms with Gasteiger partial charge in [0.05, 0.1) is 32.1 Å². The Hall–Kier alpha value is -3.23. The summed E-state index contributed by atoms with van der Waals surface area (Å²) in [7, 11) is 3.52. The number of aryl methyl sites for hydroxylation is 2. The van der Waals surface area contributed by atoms with Crippen molar-refractivity contribution in [3.05, 3.63) is 82.9 Å². The summed E-state index contributed by atoms with van der Waals surface area (Å²) in [6.45, 7) is 4.47. The fourth-order valence-corrected chi connectivity index (χ4v) is 4.25. The minimum Gasteiger partial charge on any atom is -0.497 e. The van der Waals surface area contributed by atoms with E-state index in [0.29, 0.717) is 31.7 Å². The molecule has 7 nitrogen and oxygen atoms in total. The summed E-state index contributed by atoms with van der Waals surface area (Å²) in [5.41, 5.74) is 3.54. The molecule has 1 amide bonds. The molecular formula is C26H31FN4O3. The van der Waals surface area contributed by atoms with Gasteiger partial charge in [0.15, 0.2) is 0 Å². The number of hydrogen-bond acceptors (Lipinski definition) is 5. The summed E-state index contributed by atoms with van der Waals surface area (Å²) < 4.78 is 27.3. The molecule has 0 bridgehead atoms. The van der Waals surface area contributed by atoms with Crippen molar-refractivity contribution in [3.8, 4) is 5.75 Å². The Morgan fingerprint density at radius 3 is 2.50 bits per heavy atom. The number of halogens is 1. The number of hydrogen-bond donors (Lipinski definition) is 0. The fraction of sp³-hybridized carbons (Fsp3) is 0.385. The summed E-state index contributed by atoms with van der Waals surface area (Å²) in [4.78, 5) is 17.1. The zero-order valence-corrected chi connectivity index (χ0v) is 19.9. The van der Waals surface area contributed by atoms with E-state index in [4.69, 9.17) is 9.47 Å². The van der Waals surface area contributed by atoms with Crippen molar-refractivity contribution in [2.45, 2.75) is 32.7 Å². The molecule has 34 heavy (non-hydrogen) atoms. The number of benzene rings is 2. The van der Waals surface area contributed by atoms with Gasteiger partial charge in [0.1, 0.15) is 11.6 Å². The van der Waals surface area contributed by atoms with Crippen molar-refractivity contribution < 1.29 is 18.7 Å². The van der Waals surface area contributed by atoms with Crippen LogP contribution in [0.25, 0.3) is 0 Å². The van der Waals surface area contributed by atoms with Gasteiger partial charge in [-0.2, -0.15) is 5.10 Å². The van der Waals surface area contributed by atoms with E-state index < -0.39 is 0 Å². The molecule has 0 saturated carbocycles. The molecule has 1 fully saturated rings. The average molecular weight is 467 g/mol. The zero-order chi connectivity index (χ0) is 24.1. The van der Waals surface area contributed by atoms with Crippen LogP contribution in [0.1, 0.15) is 22.4 Å². The van der Waals surface area contributed by atoms with Crippen LogP contribution in [-0.2, 0) is 36.3 Å². The number of methoxy groups -OCH3 is 1. The molecule has 180 valence electrons. The molecule has 3 aromatic rings. The first-order valence-corrected chi connectivity index (χ1v) is 11.4. The minimum atomic E-state index is -0.287. The van der Waals surface area contributed by atoms with Crippen LogP contribution < -0.4 is 4.74 Å². The summed E-state index contributed by atoms with van der Waals surface area (Å²) in [5.74, 6) is 0.523. The van der Waals surface area contributed by atoms with Gasteiger partial charge in [-0.15, -0.1) is 0 Å². The monoisotopic (exact) mass is 466 g/mol. The van der Waals surface area contributed by atoms with Gasteiger partial charge < -0.3 is 14.4 Å². The molecule has 0 spiro atoms. The largest absolute Gasteiger partial charge is 0.497 e. The molecule has 1 unspecified atom stereocenters. The zero-order valence-electron chi connectivity index (χ0n) is 19.9. The maximum absolute atomic E-state index is 14.1. The van der Waals surface area contributed by atoms with Crippen molar-refractivity contribution in [2.24, 2.45) is 7.05 Å². The number of rotatable bonds is 8. The van der Waals surface area contributed by atoms with Gasteiger partial charge >= 0.3 is 0 Å². The highest BCUT2D eigenvalue weighted by atomic mass is 19.1. The Bertz CT molecular complexity index is 1120. The quantitative estimate of drug-likeness (QED) is 0.510. The second kappa shape index (κ2) is 10.8. The van der Waals surface area contributed by atoms with Gasteiger partial charge in [-0.1, -0.05) is 30.3 Å². The van der Waals surface area contributed by atoms with E-state index in [1.807, 2.05) is 49.3 Å². The molecule has 1 aliphatic heterocycles. The molecule has 2 heterocycles. The minimum absolute atomic E-state index is 0.0364. The third-order valence-corrected chi connectivity index (χ3v) is 6.07. The van der Waals surface area contributed by atoms with Crippen LogP contribution in [0.5, 0.6) is 5.75 Å². The lowest BCUT2D eigenvalue weighted by atomic mass is 10.2. The predicted octanol–water partition coefficient (Wildman–Crippen LogP) is 3.31. The molecule has 1 aliphatic rings. The summed E-state index contributed by atoms with van der Waals surface area (Å²) >= 11 is 0. The highest BCUT2D eigenvalue weighted by Crippen LogP contribution is 2.19. The van der Waals surface area contributed by atoms with E-state index in [0.717, 1.165) is 22.6 Å². The Balaban J connectivity index is 1.51.